The van der Waals surface area contributed by atoms with Crippen LogP contribution < -0.4 is 9.80 Å². The summed E-state index contributed by atoms with van der Waals surface area (Å²) in [6.07, 6.45) is 1.93. The van der Waals surface area contributed by atoms with Gasteiger partial charge in [-0.1, -0.05) is 218 Å². The summed E-state index contributed by atoms with van der Waals surface area (Å²) in [4.78, 5) is 10.3. The fraction of sp³-hybridized carbons (Fsp3) is 0.0128. The second-order valence-electron chi connectivity index (χ2n) is 21.6. The van der Waals surface area contributed by atoms with Crippen molar-refractivity contribution in [3.8, 4) is 33.4 Å². The van der Waals surface area contributed by atoms with Crippen molar-refractivity contribution in [2.75, 3.05) is 9.80 Å². The van der Waals surface area contributed by atoms with Crippen LogP contribution in [0, 0.1) is 0 Å². The van der Waals surface area contributed by atoms with Crippen molar-refractivity contribution in [2.45, 2.75) is 5.41 Å². The van der Waals surface area contributed by atoms with Crippen molar-refractivity contribution in [2.24, 2.45) is 0 Å². The van der Waals surface area contributed by atoms with Crippen molar-refractivity contribution in [3.63, 3.8) is 0 Å². The molecule has 0 unspecified atom stereocenters. The maximum atomic E-state index is 7.49. The first-order valence-corrected chi connectivity index (χ1v) is 28.5. The summed E-state index contributed by atoms with van der Waals surface area (Å²) < 4.78 is 21.5. The predicted octanol–water partition coefficient (Wildman–Crippen LogP) is 21.4. The van der Waals surface area contributed by atoms with E-state index in [9.17, 15) is 0 Å². The molecular formula is C78H49N3O3. The van der Waals surface area contributed by atoms with Crippen molar-refractivity contribution >= 4 is 99.9 Å². The van der Waals surface area contributed by atoms with Crippen LogP contribution in [-0.4, -0.2) is 4.98 Å². The van der Waals surface area contributed by atoms with Gasteiger partial charge in [0.15, 0.2) is 11.2 Å². The molecule has 6 nitrogen and oxygen atoms in total. The fourth-order valence-corrected chi connectivity index (χ4v) is 13.6. The molecule has 0 saturated carbocycles. The molecule has 17 rings (SSSR count). The second kappa shape index (κ2) is 18.9. The standard InChI is InChI=1S/C78H49N3O3/c1-4-24-50(25-5-1)54-30-10-15-37-64(54)80(66-39-22-35-58-56-32-12-17-41-69(56)82-75(58)66)53-45-46-60-62(48-53)78(52-28-8-3-9-29-52,72-44-20-21-47-79-72)63-49-68(74-61-34-14-19-43-71(61)84-77(74)73(60)63)81(65-38-16-11-31-55(65)51-26-6-2-7-27-51)67-40-23-36-59-57-33-13-18-42-70(57)83-76(59)67/h1-49H/t78-/m0/s1. The number of anilines is 6. The molecule has 6 heteroatoms. The van der Waals surface area contributed by atoms with E-state index < -0.39 is 5.41 Å². The smallest absolute Gasteiger partial charge is 0.159 e. The third-order valence-electron chi connectivity index (χ3n) is 17.2. The summed E-state index contributed by atoms with van der Waals surface area (Å²) in [5, 5.41) is 6.18. The van der Waals surface area contributed by atoms with Crippen molar-refractivity contribution in [3.05, 3.63) is 320 Å². The summed E-state index contributed by atoms with van der Waals surface area (Å²) in [7, 11) is 0. The van der Waals surface area contributed by atoms with E-state index in [-0.39, 0.29) is 0 Å². The summed E-state index contributed by atoms with van der Waals surface area (Å²) in [5.41, 5.74) is 19.9. The van der Waals surface area contributed by atoms with Gasteiger partial charge in [-0.15, -0.1) is 0 Å². The van der Waals surface area contributed by atoms with Gasteiger partial charge in [0.25, 0.3) is 0 Å². The van der Waals surface area contributed by atoms with Gasteiger partial charge in [-0.25, -0.2) is 0 Å². The molecule has 4 heterocycles. The van der Waals surface area contributed by atoms with Crippen LogP contribution in [0.2, 0.25) is 0 Å². The molecule has 0 fully saturated rings. The van der Waals surface area contributed by atoms with Crippen LogP contribution in [0.5, 0.6) is 0 Å². The first kappa shape index (κ1) is 47.6. The van der Waals surface area contributed by atoms with Crippen LogP contribution in [0.4, 0.5) is 34.1 Å². The van der Waals surface area contributed by atoms with Crippen molar-refractivity contribution in [1.82, 2.24) is 4.98 Å². The molecule has 0 amide bonds. The molecule has 394 valence electrons. The highest BCUT2D eigenvalue weighted by Crippen LogP contribution is 2.62. The van der Waals surface area contributed by atoms with Crippen molar-refractivity contribution < 1.29 is 13.3 Å². The average molecular weight is 1080 g/mol. The van der Waals surface area contributed by atoms with E-state index in [0.717, 1.165) is 156 Å². The quantitative estimate of drug-likeness (QED) is 0.136. The minimum Gasteiger partial charge on any atom is -0.455 e. The zero-order chi connectivity index (χ0) is 55.3. The number of nitrogens with zero attached hydrogens (tertiary/aromatic N) is 3. The molecule has 1 aliphatic carbocycles. The molecule has 12 aromatic carbocycles. The third-order valence-corrected chi connectivity index (χ3v) is 17.2. The topological polar surface area (TPSA) is 58.8 Å². The van der Waals surface area contributed by atoms with Gasteiger partial charge in [-0.05, 0) is 106 Å². The predicted molar refractivity (Wildman–Crippen MR) is 344 cm³/mol. The van der Waals surface area contributed by atoms with E-state index in [1.165, 1.54) is 0 Å². The number of furan rings is 3. The lowest BCUT2D eigenvalue weighted by Gasteiger charge is -2.35. The zero-order valence-electron chi connectivity index (χ0n) is 45.4. The lowest BCUT2D eigenvalue weighted by molar-refractivity contribution is 0.667. The Bertz CT molecular complexity index is 5180. The van der Waals surface area contributed by atoms with Crippen LogP contribution in [0.25, 0.3) is 99.2 Å². The Kier molecular flexibility index (Phi) is 10.7. The maximum Gasteiger partial charge on any atom is 0.159 e. The molecule has 4 aromatic heterocycles. The number of fused-ring (bicyclic) bond motifs is 13. The summed E-state index contributed by atoms with van der Waals surface area (Å²) in [6, 6.07) is 104. The summed E-state index contributed by atoms with van der Waals surface area (Å²) in [6.45, 7) is 0. The van der Waals surface area contributed by atoms with E-state index in [2.05, 4.69) is 283 Å². The molecule has 1 atom stereocenters. The van der Waals surface area contributed by atoms with Gasteiger partial charge >= 0.3 is 0 Å². The number of aromatic nitrogens is 1. The first-order chi connectivity index (χ1) is 41.7. The van der Waals surface area contributed by atoms with Crippen LogP contribution in [-0.2, 0) is 5.41 Å². The van der Waals surface area contributed by atoms with Crippen molar-refractivity contribution in [1.29, 1.82) is 0 Å². The summed E-state index contributed by atoms with van der Waals surface area (Å²) in [5.74, 6) is 0. The van der Waals surface area contributed by atoms with Crippen LogP contribution in [0.1, 0.15) is 22.4 Å². The Hall–Kier alpha value is -11.2. The third kappa shape index (κ3) is 7.07. The SMILES string of the molecule is c1ccc(-c2ccccc2N(c2ccc3c(c2)[C@](c2ccccc2)(c2ccccn2)c2cc(N(c4ccccc4-c4ccccc4)c4cccc5c4oc4ccccc45)c4c(oc5ccccc54)c2-3)c2cccc3c2oc2ccccc23)cc1. The number of hydrogen-bond donors (Lipinski definition) is 0. The zero-order valence-corrected chi connectivity index (χ0v) is 45.4. The van der Waals surface area contributed by atoms with Gasteiger partial charge in [0.1, 0.15) is 22.3 Å². The van der Waals surface area contributed by atoms with Crippen LogP contribution >= 0.6 is 0 Å². The van der Waals surface area contributed by atoms with E-state index in [0.29, 0.717) is 0 Å². The normalized spacial score (nSPS) is 13.8. The number of para-hydroxylation sites is 7. The molecule has 0 aliphatic heterocycles. The lowest BCUT2D eigenvalue weighted by atomic mass is 9.69. The number of rotatable bonds is 10. The second-order valence-corrected chi connectivity index (χ2v) is 21.6. The van der Waals surface area contributed by atoms with E-state index >= 15 is 0 Å². The Morgan fingerprint density at radius 2 is 0.786 bits per heavy atom. The highest BCUT2D eigenvalue weighted by molar-refractivity contribution is 6.21. The van der Waals surface area contributed by atoms with Gasteiger partial charge in [-0.2, -0.15) is 0 Å². The Morgan fingerprint density at radius 3 is 1.39 bits per heavy atom. The number of pyridine rings is 1. The highest BCUT2D eigenvalue weighted by Gasteiger charge is 2.50. The molecule has 16 aromatic rings. The fourth-order valence-electron chi connectivity index (χ4n) is 13.6. The van der Waals surface area contributed by atoms with Gasteiger partial charge < -0.3 is 23.1 Å². The first-order valence-electron chi connectivity index (χ1n) is 28.5. The Labute approximate surface area is 484 Å². The maximum absolute atomic E-state index is 7.49. The van der Waals surface area contributed by atoms with Crippen LogP contribution in [0.15, 0.2) is 311 Å². The largest absolute Gasteiger partial charge is 0.455 e. The minimum absolute atomic E-state index is 0.781. The molecule has 0 spiro atoms. The van der Waals surface area contributed by atoms with Gasteiger partial charge in [0.05, 0.1) is 44.9 Å². The molecule has 0 bridgehead atoms. The molecule has 0 N–H and O–H groups in total. The molecular weight excluding hydrogens is 1030 g/mol. The highest BCUT2D eigenvalue weighted by atomic mass is 16.3. The number of benzene rings is 12. The van der Waals surface area contributed by atoms with Gasteiger partial charge in [0.2, 0.25) is 0 Å². The average Bonchev–Trinajstić information content (AvgIpc) is 1.96. The Balaban J connectivity index is 1.01. The minimum atomic E-state index is -1.02. The number of hydrogen-bond acceptors (Lipinski definition) is 6. The monoisotopic (exact) mass is 1080 g/mol. The van der Waals surface area contributed by atoms with E-state index in [4.69, 9.17) is 18.2 Å². The van der Waals surface area contributed by atoms with Crippen LogP contribution in [0.3, 0.4) is 0 Å². The molecule has 84 heavy (non-hydrogen) atoms. The summed E-state index contributed by atoms with van der Waals surface area (Å²) >= 11 is 0. The van der Waals surface area contributed by atoms with E-state index in [1.807, 2.05) is 24.4 Å². The lowest BCUT2D eigenvalue weighted by Crippen LogP contribution is -2.30. The molecule has 0 saturated heterocycles. The Morgan fingerprint density at radius 1 is 0.310 bits per heavy atom. The molecule has 1 aliphatic rings. The van der Waals surface area contributed by atoms with Gasteiger partial charge in [-0.3, -0.25) is 4.98 Å². The molecule has 0 radical (unpaired) electrons. The van der Waals surface area contributed by atoms with Gasteiger partial charge in [0, 0.05) is 55.5 Å². The van der Waals surface area contributed by atoms with E-state index in [1.54, 1.807) is 0 Å².